The van der Waals surface area contributed by atoms with Gasteiger partial charge in [0.1, 0.15) is 24.0 Å². The number of carbonyl (C=O) groups excluding carboxylic acids is 1. The second-order valence-corrected chi connectivity index (χ2v) is 8.35. The van der Waals surface area contributed by atoms with Gasteiger partial charge in [0.05, 0.1) is 20.7 Å². The van der Waals surface area contributed by atoms with Crippen molar-refractivity contribution in [3.05, 3.63) is 102 Å². The monoisotopic (exact) mass is 535 g/mol. The average molecular weight is 537 g/mol. The first-order valence-electron chi connectivity index (χ1n) is 9.42. The predicted octanol–water partition coefficient (Wildman–Crippen LogP) is 7.33. The van der Waals surface area contributed by atoms with Crippen LogP contribution in [0.25, 0.3) is 6.08 Å². The van der Waals surface area contributed by atoms with Gasteiger partial charge < -0.3 is 10.1 Å². The van der Waals surface area contributed by atoms with Gasteiger partial charge in [-0.15, -0.1) is 0 Å². The molecule has 0 saturated heterocycles. The summed E-state index contributed by atoms with van der Waals surface area (Å²) in [5.74, 6) is -0.255. The minimum absolute atomic E-state index is 0.0398. The van der Waals surface area contributed by atoms with E-state index >= 15 is 0 Å². The van der Waals surface area contributed by atoms with Crippen molar-refractivity contribution in [1.82, 2.24) is 0 Å². The van der Waals surface area contributed by atoms with E-state index in [-0.39, 0.29) is 33.6 Å². The van der Waals surface area contributed by atoms with E-state index in [1.807, 2.05) is 0 Å². The summed E-state index contributed by atoms with van der Waals surface area (Å²) in [6.07, 6.45) is 1.36. The molecule has 0 atom stereocenters. The third-order valence-corrected chi connectivity index (χ3v) is 5.78. The van der Waals surface area contributed by atoms with Crippen molar-refractivity contribution in [3.8, 4) is 11.8 Å². The number of halogens is 4. The van der Waals surface area contributed by atoms with Gasteiger partial charge in [0.2, 0.25) is 0 Å². The lowest BCUT2D eigenvalue weighted by molar-refractivity contribution is -0.384. The van der Waals surface area contributed by atoms with Crippen molar-refractivity contribution in [3.63, 3.8) is 0 Å². The Bertz CT molecular complexity index is 1290. The van der Waals surface area contributed by atoms with E-state index < -0.39 is 10.8 Å². The number of benzene rings is 3. The van der Waals surface area contributed by atoms with Crippen molar-refractivity contribution in [1.29, 1.82) is 5.26 Å². The zero-order valence-corrected chi connectivity index (χ0v) is 20.0. The Morgan fingerprint density at radius 1 is 1.03 bits per heavy atom. The van der Waals surface area contributed by atoms with Crippen LogP contribution in [0.4, 0.5) is 11.4 Å². The van der Waals surface area contributed by atoms with Crippen LogP contribution in [-0.2, 0) is 11.4 Å². The van der Waals surface area contributed by atoms with Crippen LogP contribution in [-0.4, -0.2) is 10.8 Å². The Morgan fingerprint density at radius 3 is 2.15 bits per heavy atom. The first-order valence-corrected chi connectivity index (χ1v) is 10.9. The molecule has 0 bridgehead atoms. The van der Waals surface area contributed by atoms with E-state index in [2.05, 4.69) is 5.32 Å². The highest BCUT2D eigenvalue weighted by Gasteiger charge is 2.18. The first kappa shape index (κ1) is 25.3. The van der Waals surface area contributed by atoms with Crippen LogP contribution >= 0.6 is 46.4 Å². The number of hydrogen-bond acceptors (Lipinski definition) is 5. The molecule has 0 aromatic heterocycles. The number of hydrogen-bond donors (Lipinski definition) is 1. The molecule has 0 saturated carbocycles. The molecule has 0 radical (unpaired) electrons. The predicted molar refractivity (Wildman–Crippen MR) is 133 cm³/mol. The zero-order valence-electron chi connectivity index (χ0n) is 17.0. The van der Waals surface area contributed by atoms with E-state index in [0.717, 1.165) is 12.1 Å². The molecule has 0 unspecified atom stereocenters. The van der Waals surface area contributed by atoms with Gasteiger partial charge in [-0.2, -0.15) is 5.26 Å². The second kappa shape index (κ2) is 11.2. The van der Waals surface area contributed by atoms with Crippen molar-refractivity contribution >= 4 is 69.8 Å². The number of carbonyl (C=O) groups is 1. The van der Waals surface area contributed by atoms with Gasteiger partial charge in [-0.1, -0.05) is 64.6 Å². The molecule has 0 spiro atoms. The number of ether oxygens (including phenoxy) is 1. The quantitative estimate of drug-likeness (QED) is 0.147. The molecule has 0 fully saturated rings. The molecule has 3 aromatic carbocycles. The van der Waals surface area contributed by atoms with Gasteiger partial charge >= 0.3 is 0 Å². The van der Waals surface area contributed by atoms with Gasteiger partial charge in [-0.05, 0) is 35.9 Å². The molecule has 7 nitrogen and oxygen atoms in total. The SMILES string of the molecule is N#C/C(=C\c1ccc(OCc2c(Cl)cccc2Cl)cc1)C(=O)Nc1c(Cl)cc([N+](=O)[O-])cc1Cl. The molecular formula is C23H13Cl4N3O4. The number of nitro groups is 1. The van der Waals surface area contributed by atoms with E-state index in [0.29, 0.717) is 26.9 Å². The van der Waals surface area contributed by atoms with Crippen molar-refractivity contribution in [2.24, 2.45) is 0 Å². The number of rotatable bonds is 7. The van der Waals surface area contributed by atoms with Gasteiger partial charge in [-0.3, -0.25) is 14.9 Å². The summed E-state index contributed by atoms with van der Waals surface area (Å²) in [6.45, 7) is 0.163. The average Bonchev–Trinajstić information content (AvgIpc) is 2.80. The Balaban J connectivity index is 1.72. The normalized spacial score (nSPS) is 11.0. The molecule has 3 aromatic rings. The van der Waals surface area contributed by atoms with E-state index in [1.165, 1.54) is 6.08 Å². The molecule has 1 N–H and O–H groups in total. The number of nitrogens with one attached hydrogen (secondary N) is 1. The summed E-state index contributed by atoms with van der Waals surface area (Å²) in [4.78, 5) is 22.8. The lowest BCUT2D eigenvalue weighted by Gasteiger charge is -2.10. The molecule has 3 rings (SSSR count). The molecule has 0 aliphatic carbocycles. The highest BCUT2D eigenvalue weighted by atomic mass is 35.5. The molecule has 1 amide bonds. The molecule has 11 heteroatoms. The maximum absolute atomic E-state index is 12.6. The van der Waals surface area contributed by atoms with Gasteiger partial charge in [0, 0.05) is 27.7 Å². The maximum atomic E-state index is 12.6. The highest BCUT2D eigenvalue weighted by molar-refractivity contribution is 6.40. The van der Waals surface area contributed by atoms with Crippen LogP contribution < -0.4 is 10.1 Å². The van der Waals surface area contributed by atoms with E-state index in [1.54, 1.807) is 48.5 Å². The summed E-state index contributed by atoms with van der Waals surface area (Å²) in [5.41, 5.74) is 0.602. The first-order chi connectivity index (χ1) is 16.2. The smallest absolute Gasteiger partial charge is 0.272 e. The van der Waals surface area contributed by atoms with Crippen LogP contribution in [0.2, 0.25) is 20.1 Å². The van der Waals surface area contributed by atoms with Crippen LogP contribution in [0, 0.1) is 21.4 Å². The molecule has 172 valence electrons. The number of amides is 1. The summed E-state index contributed by atoms with van der Waals surface area (Å²) in [6, 6.07) is 15.7. The maximum Gasteiger partial charge on any atom is 0.272 e. The summed E-state index contributed by atoms with van der Waals surface area (Å²) in [7, 11) is 0. The van der Waals surface area contributed by atoms with Crippen molar-refractivity contribution in [2.45, 2.75) is 6.61 Å². The van der Waals surface area contributed by atoms with E-state index in [4.69, 9.17) is 51.1 Å². The number of non-ortho nitro benzene ring substituents is 1. The van der Waals surface area contributed by atoms with Crippen LogP contribution in [0.15, 0.2) is 60.2 Å². The lowest BCUT2D eigenvalue weighted by Crippen LogP contribution is -2.14. The Morgan fingerprint density at radius 2 is 1.62 bits per heavy atom. The third kappa shape index (κ3) is 6.19. The molecule has 0 aliphatic rings. The molecule has 0 heterocycles. The Hall–Kier alpha value is -3.28. The number of anilines is 1. The fourth-order valence-corrected chi connectivity index (χ4v) is 3.84. The van der Waals surface area contributed by atoms with Crippen LogP contribution in [0.3, 0.4) is 0 Å². The van der Waals surface area contributed by atoms with E-state index in [9.17, 15) is 20.2 Å². The van der Waals surface area contributed by atoms with Crippen LogP contribution in [0.1, 0.15) is 11.1 Å². The highest BCUT2D eigenvalue weighted by Crippen LogP contribution is 2.35. The van der Waals surface area contributed by atoms with Crippen molar-refractivity contribution in [2.75, 3.05) is 5.32 Å². The summed E-state index contributed by atoms with van der Waals surface area (Å²) < 4.78 is 5.71. The standard InChI is InChI=1S/C23H13Cl4N3O4/c24-18-2-1-3-19(25)17(18)12-34-16-6-4-13(5-7-16)8-14(11-28)23(31)29-22-20(26)9-15(30(32)33)10-21(22)27/h1-10H,12H2,(H,29,31)/b14-8+. The fraction of sp³-hybridized carbons (Fsp3) is 0.0435. The minimum Gasteiger partial charge on any atom is -0.489 e. The molecule has 0 aliphatic heterocycles. The number of nitrogens with zero attached hydrogens (tertiary/aromatic N) is 2. The number of nitriles is 1. The Kier molecular flexibility index (Phi) is 8.37. The lowest BCUT2D eigenvalue weighted by atomic mass is 10.1. The second-order valence-electron chi connectivity index (χ2n) is 6.72. The van der Waals surface area contributed by atoms with Gasteiger partial charge in [0.15, 0.2) is 0 Å². The fourth-order valence-electron chi connectivity index (χ4n) is 2.77. The molecule has 34 heavy (non-hydrogen) atoms. The van der Waals surface area contributed by atoms with Crippen LogP contribution in [0.5, 0.6) is 5.75 Å². The largest absolute Gasteiger partial charge is 0.489 e. The Labute approximate surface area is 214 Å². The van der Waals surface area contributed by atoms with Gasteiger partial charge in [-0.25, -0.2) is 0 Å². The van der Waals surface area contributed by atoms with Gasteiger partial charge in [0.25, 0.3) is 11.6 Å². The summed E-state index contributed by atoms with van der Waals surface area (Å²) in [5, 5.41) is 23.4. The summed E-state index contributed by atoms with van der Waals surface area (Å²) >= 11 is 24.3. The van der Waals surface area contributed by atoms with Crippen molar-refractivity contribution < 1.29 is 14.5 Å². The minimum atomic E-state index is -0.783. The molecular weight excluding hydrogens is 524 g/mol. The topological polar surface area (TPSA) is 105 Å². The zero-order chi connectivity index (χ0) is 24.8. The number of nitro benzene ring substituents is 1. The third-order valence-electron chi connectivity index (χ3n) is 4.48.